The number of hydrogen-bond acceptors (Lipinski definition) is 6. The summed E-state index contributed by atoms with van der Waals surface area (Å²) in [4.78, 5) is 16.2. The van der Waals surface area contributed by atoms with E-state index in [0.29, 0.717) is 40.6 Å². The fourth-order valence-electron chi connectivity index (χ4n) is 2.88. The average Bonchev–Trinajstić information content (AvgIpc) is 3.29. The number of halogens is 1. The van der Waals surface area contributed by atoms with Crippen molar-refractivity contribution in [3.63, 3.8) is 0 Å². The number of amides is 1. The molecule has 164 valence electrons. The Labute approximate surface area is 196 Å². The van der Waals surface area contributed by atoms with Gasteiger partial charge < -0.3 is 9.47 Å². The zero-order valence-corrected chi connectivity index (χ0v) is 19.2. The molecule has 1 aromatic heterocycles. The number of para-hydroxylation sites is 1. The van der Waals surface area contributed by atoms with Gasteiger partial charge in [0.1, 0.15) is 36.4 Å². The van der Waals surface area contributed by atoms with Crippen LogP contribution in [0.15, 0.2) is 59.6 Å². The van der Waals surface area contributed by atoms with Crippen LogP contribution in [0.25, 0.3) is 6.08 Å². The molecule has 8 heteroatoms. The van der Waals surface area contributed by atoms with E-state index in [0.717, 1.165) is 11.3 Å². The predicted molar refractivity (Wildman–Crippen MR) is 127 cm³/mol. The zero-order valence-electron chi connectivity index (χ0n) is 17.7. The number of ether oxygens (including phenoxy) is 2. The van der Waals surface area contributed by atoms with Crippen molar-refractivity contribution in [1.82, 2.24) is 4.98 Å². The van der Waals surface area contributed by atoms with E-state index in [-0.39, 0.29) is 5.57 Å². The van der Waals surface area contributed by atoms with Gasteiger partial charge in [-0.15, -0.1) is 11.3 Å². The lowest BCUT2D eigenvalue weighted by Crippen LogP contribution is -2.13. The van der Waals surface area contributed by atoms with E-state index in [1.54, 1.807) is 29.8 Å². The molecule has 3 rings (SSSR count). The molecule has 0 bridgehead atoms. The molecule has 0 fully saturated rings. The molecule has 0 aliphatic rings. The summed E-state index contributed by atoms with van der Waals surface area (Å²) in [5.74, 6) is 1.18. The Balaban J connectivity index is 1.58. The van der Waals surface area contributed by atoms with Crippen molar-refractivity contribution in [1.29, 1.82) is 5.26 Å². The van der Waals surface area contributed by atoms with Crippen LogP contribution in [-0.2, 0) is 4.79 Å². The summed E-state index contributed by atoms with van der Waals surface area (Å²) in [6, 6.07) is 14.9. The van der Waals surface area contributed by atoms with Crippen molar-refractivity contribution in [3.05, 3.63) is 75.8 Å². The summed E-state index contributed by atoms with van der Waals surface area (Å²) in [5, 5.41) is 14.5. The molecule has 32 heavy (non-hydrogen) atoms. The molecule has 1 heterocycles. The van der Waals surface area contributed by atoms with Crippen LogP contribution in [0.4, 0.5) is 5.13 Å². The Hall–Kier alpha value is -3.34. The monoisotopic (exact) mass is 467 g/mol. The van der Waals surface area contributed by atoms with E-state index < -0.39 is 5.91 Å². The molecule has 3 aromatic rings. The van der Waals surface area contributed by atoms with Crippen LogP contribution < -0.4 is 14.8 Å². The molecule has 1 amide bonds. The molecule has 0 saturated carbocycles. The van der Waals surface area contributed by atoms with Gasteiger partial charge in [-0.05, 0) is 41.3 Å². The molecule has 1 N–H and O–H groups in total. The van der Waals surface area contributed by atoms with Crippen molar-refractivity contribution in [2.75, 3.05) is 18.5 Å². The topological polar surface area (TPSA) is 84.2 Å². The first-order valence-corrected chi connectivity index (χ1v) is 11.2. The third-order valence-corrected chi connectivity index (χ3v) is 5.41. The van der Waals surface area contributed by atoms with Crippen LogP contribution in [-0.4, -0.2) is 24.1 Å². The summed E-state index contributed by atoms with van der Waals surface area (Å²) in [6.45, 7) is 4.93. The van der Waals surface area contributed by atoms with E-state index in [1.807, 2.05) is 24.3 Å². The summed E-state index contributed by atoms with van der Waals surface area (Å²) in [5.41, 5.74) is 1.70. The maximum absolute atomic E-state index is 12.2. The summed E-state index contributed by atoms with van der Waals surface area (Å²) >= 11 is 7.60. The first kappa shape index (κ1) is 23.3. The number of carbonyl (C=O) groups is 1. The minimum atomic E-state index is -0.530. The second-order valence-corrected chi connectivity index (χ2v) is 8.34. The number of benzene rings is 2. The Bertz CT molecular complexity index is 1140. The van der Waals surface area contributed by atoms with Crippen LogP contribution in [0.2, 0.25) is 5.02 Å². The van der Waals surface area contributed by atoms with Crippen LogP contribution in [0, 0.1) is 11.3 Å². The fraction of sp³-hybridized carbons (Fsp3) is 0.208. The SMILES string of the molecule is CC(C)c1ccccc1OCCOc1ccc(/C=C(/C#N)C(=O)Nc2nccs2)cc1Cl. The molecular weight excluding hydrogens is 446 g/mol. The zero-order chi connectivity index (χ0) is 22.9. The number of nitrogens with zero attached hydrogens (tertiary/aromatic N) is 2. The van der Waals surface area contributed by atoms with Crippen molar-refractivity contribution < 1.29 is 14.3 Å². The van der Waals surface area contributed by atoms with Gasteiger partial charge in [0.2, 0.25) is 0 Å². The third-order valence-electron chi connectivity index (χ3n) is 4.42. The minimum absolute atomic E-state index is 0.0536. The Morgan fingerprint density at radius 3 is 2.62 bits per heavy atom. The van der Waals surface area contributed by atoms with Gasteiger partial charge in [-0.1, -0.05) is 49.7 Å². The van der Waals surface area contributed by atoms with Crippen molar-refractivity contribution >= 4 is 40.1 Å². The maximum Gasteiger partial charge on any atom is 0.268 e. The van der Waals surface area contributed by atoms with Gasteiger partial charge in [-0.25, -0.2) is 4.98 Å². The average molecular weight is 468 g/mol. The van der Waals surface area contributed by atoms with Gasteiger partial charge in [0, 0.05) is 11.6 Å². The summed E-state index contributed by atoms with van der Waals surface area (Å²) < 4.78 is 11.6. The highest BCUT2D eigenvalue weighted by molar-refractivity contribution is 7.13. The Kier molecular flexibility index (Phi) is 8.26. The highest BCUT2D eigenvalue weighted by Gasteiger charge is 2.12. The van der Waals surface area contributed by atoms with Crippen molar-refractivity contribution in [2.24, 2.45) is 0 Å². The van der Waals surface area contributed by atoms with Crippen LogP contribution >= 0.6 is 22.9 Å². The highest BCUT2D eigenvalue weighted by Crippen LogP contribution is 2.28. The first-order chi connectivity index (χ1) is 15.5. The molecule has 0 saturated heterocycles. The molecule has 6 nitrogen and oxygen atoms in total. The van der Waals surface area contributed by atoms with E-state index in [9.17, 15) is 10.1 Å². The largest absolute Gasteiger partial charge is 0.490 e. The Morgan fingerprint density at radius 1 is 1.22 bits per heavy atom. The lowest BCUT2D eigenvalue weighted by Gasteiger charge is -2.14. The summed E-state index contributed by atoms with van der Waals surface area (Å²) in [6.07, 6.45) is 3.03. The number of carbonyl (C=O) groups excluding carboxylic acids is 1. The number of anilines is 1. The third kappa shape index (κ3) is 6.33. The van der Waals surface area contributed by atoms with E-state index in [1.165, 1.54) is 17.4 Å². The fourth-order valence-corrected chi connectivity index (χ4v) is 3.65. The number of nitrogens with one attached hydrogen (secondary N) is 1. The van der Waals surface area contributed by atoms with Gasteiger partial charge in [0.15, 0.2) is 5.13 Å². The van der Waals surface area contributed by atoms with Gasteiger partial charge in [-0.2, -0.15) is 5.26 Å². The van der Waals surface area contributed by atoms with Gasteiger partial charge in [0.05, 0.1) is 5.02 Å². The molecule has 0 spiro atoms. The summed E-state index contributed by atoms with van der Waals surface area (Å²) in [7, 11) is 0. The number of rotatable bonds is 9. The number of aromatic nitrogens is 1. The molecule has 0 radical (unpaired) electrons. The van der Waals surface area contributed by atoms with Crippen molar-refractivity contribution in [2.45, 2.75) is 19.8 Å². The Morgan fingerprint density at radius 2 is 1.97 bits per heavy atom. The molecule has 0 aliphatic carbocycles. The maximum atomic E-state index is 12.2. The molecule has 0 aliphatic heterocycles. The van der Waals surface area contributed by atoms with E-state index in [4.69, 9.17) is 21.1 Å². The normalized spacial score (nSPS) is 11.2. The first-order valence-electron chi connectivity index (χ1n) is 9.94. The van der Waals surface area contributed by atoms with Gasteiger partial charge in [0.25, 0.3) is 5.91 Å². The van der Waals surface area contributed by atoms with Crippen molar-refractivity contribution in [3.8, 4) is 17.6 Å². The highest BCUT2D eigenvalue weighted by atomic mass is 35.5. The molecular formula is C24H22ClN3O3S. The molecule has 0 atom stereocenters. The van der Waals surface area contributed by atoms with Gasteiger partial charge in [-0.3, -0.25) is 10.1 Å². The second kappa shape index (κ2) is 11.3. The minimum Gasteiger partial charge on any atom is -0.490 e. The molecule has 0 unspecified atom stereocenters. The predicted octanol–water partition coefficient (Wildman–Crippen LogP) is 5.92. The quantitative estimate of drug-likeness (QED) is 0.240. The van der Waals surface area contributed by atoms with E-state index >= 15 is 0 Å². The second-order valence-electron chi connectivity index (χ2n) is 7.04. The number of nitriles is 1. The van der Waals surface area contributed by atoms with Crippen LogP contribution in [0.5, 0.6) is 11.5 Å². The lowest BCUT2D eigenvalue weighted by atomic mass is 10.0. The smallest absolute Gasteiger partial charge is 0.268 e. The van der Waals surface area contributed by atoms with Crippen LogP contribution in [0.3, 0.4) is 0 Å². The number of thiazole rings is 1. The van der Waals surface area contributed by atoms with E-state index in [2.05, 4.69) is 30.2 Å². The molecule has 2 aromatic carbocycles. The van der Waals surface area contributed by atoms with Gasteiger partial charge >= 0.3 is 0 Å². The standard InChI is InChI=1S/C24H22ClN3O3S/c1-16(2)19-5-3-4-6-21(19)30-10-11-31-22-8-7-17(14-20(22)25)13-18(15-26)23(29)28-24-27-9-12-32-24/h3-9,12-14,16H,10-11H2,1-2H3,(H,27,28,29)/b18-13-. The number of hydrogen-bond donors (Lipinski definition) is 1. The lowest BCUT2D eigenvalue weighted by molar-refractivity contribution is -0.112. The van der Waals surface area contributed by atoms with Crippen LogP contribution in [0.1, 0.15) is 30.9 Å².